The molecule has 0 atom stereocenters. The number of methoxy groups -OCH3 is 1. The number of aromatic nitrogens is 2. The van der Waals surface area contributed by atoms with Crippen molar-refractivity contribution in [3.8, 4) is 5.75 Å². The van der Waals surface area contributed by atoms with Crippen molar-refractivity contribution < 1.29 is 53.2 Å². The van der Waals surface area contributed by atoms with Crippen molar-refractivity contribution in [3.63, 3.8) is 0 Å². The monoisotopic (exact) mass is 579 g/mol. The van der Waals surface area contributed by atoms with Crippen LogP contribution < -0.4 is 9.30 Å². The van der Waals surface area contributed by atoms with Crippen LogP contribution in [0.1, 0.15) is 69.8 Å². The molecule has 0 saturated heterocycles. The minimum Gasteiger partial charge on any atom is -0.496 e. The summed E-state index contributed by atoms with van der Waals surface area (Å²) in [4.78, 5) is 0. The molecule has 0 radical (unpaired) electrons. The van der Waals surface area contributed by atoms with Gasteiger partial charge in [0.05, 0.1) is 13.7 Å². The van der Waals surface area contributed by atoms with E-state index in [4.69, 9.17) is 4.74 Å². The van der Waals surface area contributed by atoms with Crippen LogP contribution in [0.15, 0.2) is 36.9 Å². The Balaban J connectivity index is 1.57. The summed E-state index contributed by atoms with van der Waals surface area (Å²) in [5.41, 5.74) is 0.718. The lowest BCUT2D eigenvalue weighted by Gasteiger charge is -2.33. The van der Waals surface area contributed by atoms with Crippen LogP contribution in [0.25, 0.3) is 0 Å². The highest BCUT2D eigenvalue weighted by atomic mass is 19.4. The summed E-state index contributed by atoms with van der Waals surface area (Å²) in [6.45, 7) is 1.23. The molecule has 0 unspecified atom stereocenters. The van der Waals surface area contributed by atoms with Gasteiger partial charge in [0.1, 0.15) is 30.5 Å². The highest BCUT2D eigenvalue weighted by molar-refractivity contribution is 5.33. The third-order valence-corrected chi connectivity index (χ3v) is 6.46. The number of benzene rings is 1. The largest absolute Gasteiger partial charge is 0.496 e. The molecule has 0 bridgehead atoms. The van der Waals surface area contributed by atoms with Gasteiger partial charge in [-0.3, -0.25) is 0 Å². The first-order valence-corrected chi connectivity index (χ1v) is 12.7. The van der Waals surface area contributed by atoms with Crippen LogP contribution in [-0.2, 0) is 13.1 Å². The van der Waals surface area contributed by atoms with Crippen LogP contribution in [-0.4, -0.2) is 35.6 Å². The Morgan fingerprint density at radius 1 is 0.769 bits per heavy atom. The van der Waals surface area contributed by atoms with Gasteiger partial charge in [-0.15, -0.1) is 0 Å². The van der Waals surface area contributed by atoms with E-state index in [9.17, 15) is 43.9 Å². The van der Waals surface area contributed by atoms with Gasteiger partial charge in [0.15, 0.2) is 0 Å². The number of imidazole rings is 1. The van der Waals surface area contributed by atoms with E-state index in [0.29, 0.717) is 25.1 Å². The summed E-state index contributed by atoms with van der Waals surface area (Å²) < 4.78 is 138. The Morgan fingerprint density at radius 3 is 1.90 bits per heavy atom. The van der Waals surface area contributed by atoms with E-state index in [-0.39, 0.29) is 12.2 Å². The Labute approximate surface area is 220 Å². The summed E-state index contributed by atoms with van der Waals surface area (Å²) in [6.07, 6.45) is 1.99. The van der Waals surface area contributed by atoms with Gasteiger partial charge >= 0.3 is 23.9 Å². The quantitative estimate of drug-likeness (QED) is 0.105. The normalized spacial score (nSPS) is 13.2. The molecule has 2 rings (SSSR count). The number of rotatable bonds is 17. The number of ether oxygens (including phenoxy) is 1. The van der Waals surface area contributed by atoms with Crippen LogP contribution in [0.4, 0.5) is 43.9 Å². The number of alkyl halides is 9. The summed E-state index contributed by atoms with van der Waals surface area (Å²) in [5, 5.41) is 0. The van der Waals surface area contributed by atoms with Crippen molar-refractivity contribution in [1.82, 2.24) is 4.57 Å². The third kappa shape index (κ3) is 8.76. The second kappa shape index (κ2) is 13.7. The number of nitrogens with zero attached hydrogens (tertiary/aromatic N) is 2. The summed E-state index contributed by atoms with van der Waals surface area (Å²) >= 11 is 0. The molecule has 3 nitrogen and oxygen atoms in total. The second-order valence-electron chi connectivity index (χ2n) is 9.56. The summed E-state index contributed by atoms with van der Waals surface area (Å²) in [5.74, 6) is -18.6. The molecular formula is C26H33F10N2O+. The third-order valence-electron chi connectivity index (χ3n) is 6.46. The lowest BCUT2D eigenvalue weighted by molar-refractivity contribution is -0.687. The smallest absolute Gasteiger partial charge is 0.460 e. The van der Waals surface area contributed by atoms with Crippen molar-refractivity contribution >= 4 is 0 Å². The number of unbranched alkanes of at least 4 members (excludes halogenated alkanes) is 8. The minimum atomic E-state index is -6.82. The van der Waals surface area contributed by atoms with Crippen LogP contribution in [0.3, 0.4) is 0 Å². The zero-order valence-electron chi connectivity index (χ0n) is 21.5. The average molecular weight is 580 g/mol. The molecule has 0 aliphatic heterocycles. The fraction of sp³-hybridized carbons (Fsp3) is 0.654. The molecule has 0 aliphatic rings. The average Bonchev–Trinajstić information content (AvgIpc) is 3.28. The van der Waals surface area contributed by atoms with E-state index in [1.54, 1.807) is 6.07 Å². The van der Waals surface area contributed by atoms with Gasteiger partial charge in [0.25, 0.3) is 0 Å². The second-order valence-corrected chi connectivity index (χ2v) is 9.56. The van der Waals surface area contributed by atoms with E-state index >= 15 is 0 Å². The number of halogens is 10. The van der Waals surface area contributed by atoms with Crippen LogP contribution in [0, 0.1) is 5.82 Å². The predicted octanol–water partition coefficient (Wildman–Crippen LogP) is 8.34. The maximum absolute atomic E-state index is 13.5. The zero-order chi connectivity index (χ0) is 29.3. The lowest BCUT2D eigenvalue weighted by atomic mass is 9.97. The van der Waals surface area contributed by atoms with Crippen LogP contribution >= 0.6 is 0 Å². The molecule has 0 spiro atoms. The van der Waals surface area contributed by atoms with E-state index in [1.165, 1.54) is 19.2 Å². The van der Waals surface area contributed by atoms with E-state index in [1.807, 2.05) is 27.9 Å². The van der Waals surface area contributed by atoms with E-state index in [2.05, 4.69) is 0 Å². The first kappa shape index (κ1) is 32.7. The van der Waals surface area contributed by atoms with Gasteiger partial charge in [-0.2, -0.15) is 39.5 Å². The maximum atomic E-state index is 13.5. The van der Waals surface area contributed by atoms with E-state index < -0.39 is 36.8 Å². The fourth-order valence-corrected chi connectivity index (χ4v) is 4.18. The number of hydrogen-bond acceptors (Lipinski definition) is 1. The van der Waals surface area contributed by atoms with Crippen molar-refractivity contribution in [3.05, 3.63) is 48.3 Å². The van der Waals surface area contributed by atoms with Gasteiger partial charge in [-0.05, 0) is 37.5 Å². The van der Waals surface area contributed by atoms with Crippen molar-refractivity contribution in [2.45, 2.75) is 101 Å². The Bertz CT molecular complexity index is 1020. The van der Waals surface area contributed by atoms with Crippen molar-refractivity contribution in [1.29, 1.82) is 0 Å². The first-order chi connectivity index (χ1) is 18.1. The molecular weight excluding hydrogens is 546 g/mol. The van der Waals surface area contributed by atoms with Crippen LogP contribution in [0.2, 0.25) is 0 Å². The SMILES string of the molecule is COc1ccc(F)cc1C[n+]1ccn(CCCCCCCCCCCC(F)(F)C(F)(F)C(F)(F)C(F)(F)F)c1. The van der Waals surface area contributed by atoms with Crippen LogP contribution in [0.5, 0.6) is 5.75 Å². The van der Waals surface area contributed by atoms with Crippen molar-refractivity contribution in [2.75, 3.05) is 7.11 Å². The Morgan fingerprint density at radius 2 is 1.33 bits per heavy atom. The molecule has 2 aromatic rings. The lowest BCUT2D eigenvalue weighted by Crippen LogP contribution is -2.60. The maximum Gasteiger partial charge on any atom is 0.460 e. The van der Waals surface area contributed by atoms with Gasteiger partial charge in [-0.25, -0.2) is 13.5 Å². The predicted molar refractivity (Wildman–Crippen MR) is 124 cm³/mol. The highest BCUT2D eigenvalue weighted by Crippen LogP contribution is 2.54. The molecule has 0 N–H and O–H groups in total. The summed E-state index contributed by atoms with van der Waals surface area (Å²) in [6, 6.07) is 4.34. The number of hydrogen-bond donors (Lipinski definition) is 0. The standard InChI is InChI=1S/C26H33F10N2O/c1-39-22-12-11-21(27)17-20(22)18-38-16-15-37(19-38)14-10-8-6-4-2-3-5-7-9-13-23(28,29)24(30,31)25(32,33)26(34,35)36/h11-12,15-17,19H,2-10,13-14,18H2,1H3/q+1. The Kier molecular flexibility index (Phi) is 11.5. The Hall–Kier alpha value is -2.47. The molecule has 0 fully saturated rings. The highest BCUT2D eigenvalue weighted by Gasteiger charge is 2.81. The molecule has 0 saturated carbocycles. The number of aryl methyl sites for hydroxylation is 1. The van der Waals surface area contributed by atoms with Gasteiger partial charge in [0.2, 0.25) is 6.33 Å². The summed E-state index contributed by atoms with van der Waals surface area (Å²) in [7, 11) is 1.52. The van der Waals surface area contributed by atoms with Gasteiger partial charge < -0.3 is 4.74 Å². The molecule has 1 aromatic carbocycles. The van der Waals surface area contributed by atoms with Gasteiger partial charge in [-0.1, -0.05) is 38.5 Å². The molecule has 39 heavy (non-hydrogen) atoms. The topological polar surface area (TPSA) is 18.0 Å². The molecule has 222 valence electrons. The van der Waals surface area contributed by atoms with Gasteiger partial charge in [0, 0.05) is 12.0 Å². The van der Waals surface area contributed by atoms with Crippen molar-refractivity contribution in [2.24, 2.45) is 0 Å². The molecule has 13 heteroatoms. The molecule has 1 aromatic heterocycles. The fourth-order valence-electron chi connectivity index (χ4n) is 4.18. The van der Waals surface area contributed by atoms with E-state index in [0.717, 1.165) is 44.2 Å². The molecule has 1 heterocycles. The molecule has 0 amide bonds. The minimum absolute atomic E-state index is 0.0262. The molecule has 0 aliphatic carbocycles. The first-order valence-electron chi connectivity index (χ1n) is 12.7. The zero-order valence-corrected chi connectivity index (χ0v) is 21.5.